The van der Waals surface area contributed by atoms with Crippen LogP contribution in [0.3, 0.4) is 0 Å². The van der Waals surface area contributed by atoms with Crippen molar-refractivity contribution in [2.24, 2.45) is 5.73 Å². The van der Waals surface area contributed by atoms with Crippen molar-refractivity contribution in [2.75, 3.05) is 5.32 Å². The number of anilines is 1. The van der Waals surface area contributed by atoms with E-state index >= 15 is 0 Å². The van der Waals surface area contributed by atoms with E-state index in [1.54, 1.807) is 18.2 Å². The maximum atomic E-state index is 11.0. The van der Waals surface area contributed by atoms with Crippen molar-refractivity contribution in [2.45, 2.75) is 6.54 Å². The fourth-order valence-electron chi connectivity index (χ4n) is 2.18. The molecule has 0 saturated heterocycles. The molecule has 108 valence electrons. The number of nitrogens with two attached hydrogens (primary N) is 1. The lowest BCUT2D eigenvalue weighted by atomic mass is 10.1. The van der Waals surface area contributed by atoms with Gasteiger partial charge in [-0.1, -0.05) is 18.2 Å². The first-order valence-corrected chi connectivity index (χ1v) is 6.69. The van der Waals surface area contributed by atoms with Gasteiger partial charge < -0.3 is 16.0 Å². The Labute approximate surface area is 126 Å². The molecule has 0 radical (unpaired) electrons. The van der Waals surface area contributed by atoms with E-state index < -0.39 is 5.91 Å². The third-order valence-corrected chi connectivity index (χ3v) is 3.33. The second-order valence-electron chi connectivity index (χ2n) is 4.81. The van der Waals surface area contributed by atoms with Crippen LogP contribution < -0.4 is 11.1 Å². The highest BCUT2D eigenvalue weighted by Gasteiger charge is 2.06. The van der Waals surface area contributed by atoms with Gasteiger partial charge in [0.05, 0.1) is 11.1 Å². The number of aromatic amines is 1. The molecule has 1 amide bonds. The lowest BCUT2D eigenvalue weighted by molar-refractivity contribution is 0.100. The molecule has 1 aromatic heterocycles. The molecule has 0 atom stereocenters. The fraction of sp³-hybridized carbons (Fsp3) is 0.0625. The summed E-state index contributed by atoms with van der Waals surface area (Å²) in [6, 6.07) is 14.6. The quantitative estimate of drug-likeness (QED) is 0.684. The number of nitrogens with zero attached hydrogens (tertiary/aromatic N) is 2. The van der Waals surface area contributed by atoms with E-state index in [-0.39, 0.29) is 0 Å². The van der Waals surface area contributed by atoms with Gasteiger partial charge in [0.2, 0.25) is 11.9 Å². The van der Waals surface area contributed by atoms with Gasteiger partial charge in [0.15, 0.2) is 0 Å². The maximum absolute atomic E-state index is 11.0. The van der Waals surface area contributed by atoms with E-state index in [1.807, 2.05) is 24.3 Å². The molecule has 4 N–H and O–H groups in total. The Balaban J connectivity index is 1.76. The smallest absolute Gasteiger partial charge is 0.248 e. The average Bonchev–Trinajstić information content (AvgIpc) is 2.96. The predicted octanol–water partition coefficient (Wildman–Crippen LogP) is 2.15. The number of rotatable bonds is 4. The molecule has 0 fully saturated rings. The first-order chi connectivity index (χ1) is 10.7. The molecular weight excluding hydrogens is 278 g/mol. The van der Waals surface area contributed by atoms with E-state index in [2.05, 4.69) is 21.4 Å². The summed E-state index contributed by atoms with van der Waals surface area (Å²) in [5.74, 6) is 0.150. The van der Waals surface area contributed by atoms with Gasteiger partial charge in [-0.2, -0.15) is 5.26 Å². The van der Waals surface area contributed by atoms with Gasteiger partial charge >= 0.3 is 0 Å². The summed E-state index contributed by atoms with van der Waals surface area (Å²) in [7, 11) is 0. The number of fused-ring (bicyclic) bond motifs is 1. The van der Waals surface area contributed by atoms with Crippen molar-refractivity contribution >= 4 is 22.9 Å². The van der Waals surface area contributed by atoms with Gasteiger partial charge in [-0.25, -0.2) is 4.98 Å². The van der Waals surface area contributed by atoms with Gasteiger partial charge in [0.25, 0.3) is 0 Å². The highest BCUT2D eigenvalue weighted by atomic mass is 16.1. The van der Waals surface area contributed by atoms with E-state index in [0.29, 0.717) is 29.1 Å². The van der Waals surface area contributed by atoms with Gasteiger partial charge in [-0.15, -0.1) is 0 Å². The summed E-state index contributed by atoms with van der Waals surface area (Å²) in [6.45, 7) is 0.542. The van der Waals surface area contributed by atoms with Crippen LogP contribution in [0.25, 0.3) is 11.0 Å². The predicted molar refractivity (Wildman–Crippen MR) is 83.1 cm³/mol. The number of carbonyl (C=O) groups excluding carboxylic acids is 1. The Morgan fingerprint density at radius 3 is 2.73 bits per heavy atom. The van der Waals surface area contributed by atoms with Crippen LogP contribution >= 0.6 is 0 Å². The molecule has 0 aliphatic rings. The van der Waals surface area contributed by atoms with Gasteiger partial charge in [-0.05, 0) is 29.8 Å². The van der Waals surface area contributed by atoms with Crippen molar-refractivity contribution in [1.29, 1.82) is 5.26 Å². The molecule has 0 aliphatic carbocycles. The van der Waals surface area contributed by atoms with Crippen LogP contribution in [0.1, 0.15) is 21.5 Å². The Bertz CT molecular complexity index is 874. The normalized spacial score (nSPS) is 10.3. The lowest BCUT2D eigenvalue weighted by Gasteiger charge is -2.03. The van der Waals surface area contributed by atoms with Crippen LogP contribution in [0.15, 0.2) is 42.5 Å². The number of imidazole rings is 1. The molecule has 3 aromatic rings. The SMILES string of the molecule is N#Cc1cccc2[nH]c(NCc3ccc(C(N)=O)cc3)nc12. The van der Waals surface area contributed by atoms with Gasteiger partial charge in [-0.3, -0.25) is 4.79 Å². The number of primary amides is 1. The average molecular weight is 291 g/mol. The maximum Gasteiger partial charge on any atom is 0.248 e. The minimum Gasteiger partial charge on any atom is -0.366 e. The first-order valence-electron chi connectivity index (χ1n) is 6.69. The fourth-order valence-corrected chi connectivity index (χ4v) is 2.18. The zero-order valence-corrected chi connectivity index (χ0v) is 11.6. The molecule has 0 spiro atoms. The number of nitrogens with one attached hydrogen (secondary N) is 2. The highest BCUT2D eigenvalue weighted by molar-refractivity contribution is 5.92. The minimum atomic E-state index is -0.444. The molecule has 1 heterocycles. The Kier molecular flexibility index (Phi) is 3.46. The molecule has 0 saturated carbocycles. The molecule has 0 unspecified atom stereocenters. The largest absolute Gasteiger partial charge is 0.366 e. The van der Waals surface area contributed by atoms with Crippen molar-refractivity contribution < 1.29 is 4.79 Å². The number of amides is 1. The summed E-state index contributed by atoms with van der Waals surface area (Å²) >= 11 is 0. The van der Waals surface area contributed by atoms with Crippen LogP contribution in [0.4, 0.5) is 5.95 Å². The Morgan fingerprint density at radius 2 is 2.05 bits per heavy atom. The van der Waals surface area contributed by atoms with Crippen LogP contribution in [0.2, 0.25) is 0 Å². The number of H-pyrrole nitrogens is 1. The van der Waals surface area contributed by atoms with Gasteiger partial charge in [0, 0.05) is 12.1 Å². The first kappa shape index (κ1) is 13.6. The molecule has 6 nitrogen and oxygen atoms in total. The third kappa shape index (κ3) is 2.60. The van der Waals surface area contributed by atoms with Gasteiger partial charge in [0.1, 0.15) is 11.6 Å². The summed E-state index contributed by atoms with van der Waals surface area (Å²) < 4.78 is 0. The number of hydrogen-bond acceptors (Lipinski definition) is 4. The lowest BCUT2D eigenvalue weighted by Crippen LogP contribution is -2.10. The second kappa shape index (κ2) is 5.58. The summed E-state index contributed by atoms with van der Waals surface area (Å²) in [6.07, 6.45) is 0. The number of benzene rings is 2. The van der Waals surface area contributed by atoms with Crippen LogP contribution in [0.5, 0.6) is 0 Å². The van der Waals surface area contributed by atoms with E-state index in [0.717, 1.165) is 11.1 Å². The molecule has 0 aliphatic heterocycles. The number of aromatic nitrogens is 2. The molecule has 2 aromatic carbocycles. The topological polar surface area (TPSA) is 108 Å². The van der Waals surface area contributed by atoms with Crippen molar-refractivity contribution in [3.8, 4) is 6.07 Å². The minimum absolute atomic E-state index is 0.444. The highest BCUT2D eigenvalue weighted by Crippen LogP contribution is 2.18. The standard InChI is InChI=1S/C16H13N5O/c17-8-12-2-1-3-13-14(12)21-16(20-13)19-9-10-4-6-11(7-5-10)15(18)22/h1-7H,9H2,(H2,18,22)(H2,19,20,21). The third-order valence-electron chi connectivity index (χ3n) is 3.33. The van der Waals surface area contributed by atoms with Crippen molar-refractivity contribution in [3.63, 3.8) is 0 Å². The monoisotopic (exact) mass is 291 g/mol. The molecule has 0 bridgehead atoms. The summed E-state index contributed by atoms with van der Waals surface area (Å²) in [4.78, 5) is 18.5. The zero-order valence-electron chi connectivity index (χ0n) is 11.6. The van der Waals surface area contributed by atoms with Crippen molar-refractivity contribution in [3.05, 3.63) is 59.2 Å². The summed E-state index contributed by atoms with van der Waals surface area (Å²) in [5.41, 5.74) is 8.67. The van der Waals surface area contributed by atoms with Crippen LogP contribution in [-0.4, -0.2) is 15.9 Å². The second-order valence-corrected chi connectivity index (χ2v) is 4.81. The molecular formula is C16H13N5O. The summed E-state index contributed by atoms with van der Waals surface area (Å²) in [5, 5.41) is 12.2. The number of para-hydroxylation sites is 1. The van der Waals surface area contributed by atoms with Crippen LogP contribution in [-0.2, 0) is 6.54 Å². The molecule has 6 heteroatoms. The van der Waals surface area contributed by atoms with Crippen molar-refractivity contribution in [1.82, 2.24) is 9.97 Å². The van der Waals surface area contributed by atoms with Crippen LogP contribution in [0, 0.1) is 11.3 Å². The number of hydrogen-bond donors (Lipinski definition) is 3. The van der Waals surface area contributed by atoms with E-state index in [9.17, 15) is 4.79 Å². The molecule has 3 rings (SSSR count). The van der Waals surface area contributed by atoms with E-state index in [4.69, 9.17) is 11.0 Å². The Morgan fingerprint density at radius 1 is 1.27 bits per heavy atom. The zero-order chi connectivity index (χ0) is 15.5. The van der Waals surface area contributed by atoms with E-state index in [1.165, 1.54) is 0 Å². The number of nitriles is 1. The Hall–Kier alpha value is -3.33. The number of carbonyl (C=O) groups is 1. The molecule has 22 heavy (non-hydrogen) atoms.